The van der Waals surface area contributed by atoms with Crippen LogP contribution in [0, 0.1) is 0 Å². The largest absolute Gasteiger partial charge is 0.412 e. The zero-order valence-electron chi connectivity index (χ0n) is 17.3. The number of benzene rings is 1. The first kappa shape index (κ1) is 24.5. The molecule has 0 spiro atoms. The summed E-state index contributed by atoms with van der Waals surface area (Å²) in [6.45, 7) is 2.99. The predicted molar refractivity (Wildman–Crippen MR) is 119 cm³/mol. The van der Waals surface area contributed by atoms with Gasteiger partial charge in [-0.2, -0.15) is 0 Å². The molecule has 1 aromatic heterocycles. The fourth-order valence-corrected chi connectivity index (χ4v) is 4.12. The summed E-state index contributed by atoms with van der Waals surface area (Å²) in [6, 6.07) is 8.73. The molecule has 1 amide bonds. The summed E-state index contributed by atoms with van der Waals surface area (Å²) in [6.07, 6.45) is 8.61. The van der Waals surface area contributed by atoms with E-state index >= 15 is 0 Å². The second kappa shape index (κ2) is 12.1. The smallest absolute Gasteiger partial charge is 0.220 e. The molecule has 3 N–H and O–H groups in total. The molecule has 5 nitrogen and oxygen atoms in total. The van der Waals surface area contributed by atoms with Crippen molar-refractivity contribution < 1.29 is 10.3 Å². The molecule has 158 valence electrons. The van der Waals surface area contributed by atoms with Gasteiger partial charge in [0.15, 0.2) is 0 Å². The minimum Gasteiger partial charge on any atom is -0.412 e. The van der Waals surface area contributed by atoms with Gasteiger partial charge in [-0.05, 0) is 70.8 Å². The van der Waals surface area contributed by atoms with Crippen molar-refractivity contribution in [3.8, 4) is 0 Å². The molecule has 0 saturated carbocycles. The van der Waals surface area contributed by atoms with Gasteiger partial charge in [0.1, 0.15) is 0 Å². The van der Waals surface area contributed by atoms with Crippen LogP contribution < -0.4 is 5.32 Å². The summed E-state index contributed by atoms with van der Waals surface area (Å²) >= 11 is 0. The van der Waals surface area contributed by atoms with Gasteiger partial charge in [0.2, 0.25) is 5.91 Å². The highest BCUT2D eigenvalue weighted by molar-refractivity contribution is 5.86. The molecule has 0 aliphatic carbocycles. The number of halogens is 1. The first-order chi connectivity index (χ1) is 12.7. The third-order valence-corrected chi connectivity index (χ3v) is 5.45. The van der Waals surface area contributed by atoms with Crippen molar-refractivity contribution in [3.05, 3.63) is 35.5 Å². The maximum absolute atomic E-state index is 12.1. The van der Waals surface area contributed by atoms with Crippen molar-refractivity contribution in [2.75, 3.05) is 27.2 Å². The lowest BCUT2D eigenvalue weighted by molar-refractivity contribution is -0.121. The molecule has 2 aromatic rings. The summed E-state index contributed by atoms with van der Waals surface area (Å²) in [5, 5.41) is 4.51. The van der Waals surface area contributed by atoms with Crippen LogP contribution in [0.2, 0.25) is 0 Å². The number of rotatable bonds is 9. The first-order valence-electron chi connectivity index (χ1n) is 10.2. The SMILES string of the molecule is CN(C)CCCCCC(=O)NCCc1c2n(c3ccccc13)CCCC2.Cl.O. The molecule has 1 aliphatic heterocycles. The Bertz CT molecular complexity index is 743. The molecule has 0 bridgehead atoms. The number of carbonyl (C=O) groups is 1. The molecule has 0 unspecified atom stereocenters. The number of aryl methyl sites for hydroxylation is 1. The lowest BCUT2D eigenvalue weighted by atomic mass is 10.0. The zero-order valence-corrected chi connectivity index (χ0v) is 18.1. The van der Waals surface area contributed by atoms with E-state index in [0.717, 1.165) is 38.9 Å². The standard InChI is InChI=1S/C22H33N3O.ClH.H2O/c1-24(2)16-8-3-4-13-22(26)23-15-14-19-18-10-5-6-11-20(18)25-17-9-7-12-21(19)25;;/h5-6,10-11H,3-4,7-9,12-17H2,1-2H3,(H,23,26);1H;1H2. The quantitative estimate of drug-likeness (QED) is 0.645. The first-order valence-corrected chi connectivity index (χ1v) is 10.2. The van der Waals surface area contributed by atoms with Gasteiger partial charge in [0.05, 0.1) is 0 Å². The molecular formula is C22H36ClN3O2. The summed E-state index contributed by atoms with van der Waals surface area (Å²) in [7, 11) is 4.19. The van der Waals surface area contributed by atoms with Crippen LogP contribution in [0.25, 0.3) is 10.9 Å². The topological polar surface area (TPSA) is 68.8 Å². The average molecular weight is 410 g/mol. The van der Waals surface area contributed by atoms with Crippen molar-refractivity contribution in [2.24, 2.45) is 0 Å². The van der Waals surface area contributed by atoms with Crippen LogP contribution in [-0.4, -0.2) is 48.0 Å². The third kappa shape index (κ3) is 6.23. The van der Waals surface area contributed by atoms with E-state index < -0.39 is 0 Å². The van der Waals surface area contributed by atoms with Crippen molar-refractivity contribution in [3.63, 3.8) is 0 Å². The minimum atomic E-state index is 0. The maximum atomic E-state index is 12.1. The van der Waals surface area contributed by atoms with Crippen molar-refractivity contribution in [1.82, 2.24) is 14.8 Å². The molecular weight excluding hydrogens is 374 g/mol. The Morgan fingerprint density at radius 2 is 1.93 bits per heavy atom. The fourth-order valence-electron chi connectivity index (χ4n) is 4.12. The van der Waals surface area contributed by atoms with Crippen LogP contribution in [0.3, 0.4) is 0 Å². The Balaban J connectivity index is 0.00000196. The second-order valence-electron chi connectivity index (χ2n) is 7.77. The van der Waals surface area contributed by atoms with Gasteiger partial charge < -0.3 is 20.3 Å². The molecule has 0 fully saturated rings. The molecule has 0 atom stereocenters. The van der Waals surface area contributed by atoms with E-state index in [1.165, 1.54) is 47.8 Å². The highest BCUT2D eigenvalue weighted by atomic mass is 35.5. The summed E-state index contributed by atoms with van der Waals surface area (Å²) in [4.78, 5) is 14.3. The highest BCUT2D eigenvalue weighted by Gasteiger charge is 2.19. The number of aromatic nitrogens is 1. The Hall–Kier alpha value is -1.56. The van der Waals surface area contributed by atoms with E-state index in [1.54, 1.807) is 0 Å². The predicted octanol–water partition coefficient (Wildman–Crippen LogP) is 3.36. The number of hydrogen-bond donors (Lipinski definition) is 1. The van der Waals surface area contributed by atoms with Crippen molar-refractivity contribution >= 4 is 29.2 Å². The lowest BCUT2D eigenvalue weighted by Gasteiger charge is -2.17. The molecule has 3 rings (SSSR count). The van der Waals surface area contributed by atoms with Gasteiger partial charge in [-0.1, -0.05) is 24.6 Å². The summed E-state index contributed by atoms with van der Waals surface area (Å²) < 4.78 is 2.50. The van der Waals surface area contributed by atoms with Crippen LogP contribution >= 0.6 is 12.4 Å². The van der Waals surface area contributed by atoms with Crippen LogP contribution in [-0.2, 0) is 24.2 Å². The van der Waals surface area contributed by atoms with Gasteiger partial charge in [0.25, 0.3) is 0 Å². The molecule has 28 heavy (non-hydrogen) atoms. The highest BCUT2D eigenvalue weighted by Crippen LogP contribution is 2.30. The van der Waals surface area contributed by atoms with E-state index in [4.69, 9.17) is 0 Å². The molecule has 0 radical (unpaired) electrons. The number of para-hydroxylation sites is 1. The Kier molecular flexibility index (Phi) is 10.6. The molecule has 2 heterocycles. The molecule has 0 saturated heterocycles. The summed E-state index contributed by atoms with van der Waals surface area (Å²) in [5.41, 5.74) is 4.31. The number of nitrogens with zero attached hydrogens (tertiary/aromatic N) is 2. The average Bonchev–Trinajstić information content (AvgIpc) is 2.96. The monoisotopic (exact) mass is 409 g/mol. The third-order valence-electron chi connectivity index (χ3n) is 5.45. The molecule has 1 aromatic carbocycles. The Labute approximate surface area is 175 Å². The minimum absolute atomic E-state index is 0. The maximum Gasteiger partial charge on any atom is 0.220 e. The lowest BCUT2D eigenvalue weighted by Crippen LogP contribution is -2.25. The van der Waals surface area contributed by atoms with Gasteiger partial charge >= 0.3 is 0 Å². The van der Waals surface area contributed by atoms with Crippen LogP contribution in [0.5, 0.6) is 0 Å². The van der Waals surface area contributed by atoms with Crippen molar-refractivity contribution in [2.45, 2.75) is 57.9 Å². The number of fused-ring (bicyclic) bond motifs is 3. The normalized spacial score (nSPS) is 13.0. The summed E-state index contributed by atoms with van der Waals surface area (Å²) in [5.74, 6) is 0.201. The van der Waals surface area contributed by atoms with Crippen molar-refractivity contribution in [1.29, 1.82) is 0 Å². The van der Waals surface area contributed by atoms with E-state index in [-0.39, 0.29) is 23.8 Å². The Morgan fingerprint density at radius 1 is 1.14 bits per heavy atom. The van der Waals surface area contributed by atoms with Crippen LogP contribution in [0.4, 0.5) is 0 Å². The van der Waals surface area contributed by atoms with E-state index in [0.29, 0.717) is 6.42 Å². The number of carbonyl (C=O) groups excluding carboxylic acids is 1. The molecule has 1 aliphatic rings. The Morgan fingerprint density at radius 3 is 2.71 bits per heavy atom. The van der Waals surface area contributed by atoms with Gasteiger partial charge in [-0.25, -0.2) is 0 Å². The number of hydrogen-bond acceptors (Lipinski definition) is 2. The van der Waals surface area contributed by atoms with Crippen LogP contribution in [0.1, 0.15) is 49.8 Å². The molecule has 6 heteroatoms. The van der Waals surface area contributed by atoms with Gasteiger partial charge in [-0.15, -0.1) is 12.4 Å². The van der Waals surface area contributed by atoms with Crippen LogP contribution in [0.15, 0.2) is 24.3 Å². The zero-order chi connectivity index (χ0) is 18.4. The second-order valence-corrected chi connectivity index (χ2v) is 7.77. The fraction of sp³-hybridized carbons (Fsp3) is 0.591. The number of amides is 1. The van der Waals surface area contributed by atoms with E-state index in [9.17, 15) is 4.79 Å². The van der Waals surface area contributed by atoms with E-state index in [2.05, 4.69) is 53.1 Å². The van der Waals surface area contributed by atoms with E-state index in [1.807, 2.05) is 0 Å². The number of nitrogens with one attached hydrogen (secondary N) is 1. The van der Waals surface area contributed by atoms with Gasteiger partial charge in [0, 0.05) is 36.1 Å². The number of unbranched alkanes of at least 4 members (excludes halogenated alkanes) is 2. The van der Waals surface area contributed by atoms with Gasteiger partial charge in [-0.3, -0.25) is 4.79 Å².